The monoisotopic (exact) mass is 1560 g/mol. The van der Waals surface area contributed by atoms with Gasteiger partial charge in [-0.3, -0.25) is 4.98 Å². The number of aromatic nitrogens is 7. The van der Waals surface area contributed by atoms with Gasteiger partial charge in [0.05, 0.1) is 39.2 Å². The number of ether oxygens (including phenoxy) is 2. The number of hydrogen-bond acceptors (Lipinski definition) is 16. The molecule has 2 aromatic carbocycles. The van der Waals surface area contributed by atoms with Crippen molar-refractivity contribution in [1.29, 1.82) is 0 Å². The lowest BCUT2D eigenvalue weighted by atomic mass is 10.0. The predicted molar refractivity (Wildman–Crippen MR) is 475 cm³/mol. The predicted octanol–water partition coefficient (Wildman–Crippen LogP) is 30.3. The number of nitrogens with zero attached hydrogens (tertiary/aromatic N) is 7. The third-order valence-electron chi connectivity index (χ3n) is 20.8. The molecule has 109 heavy (non-hydrogen) atoms. The fourth-order valence-electron chi connectivity index (χ4n) is 14.6. The number of fused-ring (bicyclic) bond motifs is 2. The lowest BCUT2D eigenvalue weighted by molar-refractivity contribution is 0.304. The maximum absolute atomic E-state index is 6.64. The van der Waals surface area contributed by atoms with Crippen LogP contribution >= 0.6 is 56.7 Å². The van der Waals surface area contributed by atoms with E-state index in [1.54, 1.807) is 34.0 Å². The van der Waals surface area contributed by atoms with Crippen LogP contribution in [0.2, 0.25) is 0 Å². The zero-order chi connectivity index (χ0) is 75.6. The molecule has 0 fully saturated rings. The molecule has 0 saturated heterocycles. The second-order valence-electron chi connectivity index (χ2n) is 30.1. The highest BCUT2D eigenvalue weighted by Gasteiger charge is 2.26. The fourth-order valence-corrected chi connectivity index (χ4v) is 19.6. The number of thiophene rings is 5. The van der Waals surface area contributed by atoms with Crippen molar-refractivity contribution in [2.45, 2.75) is 286 Å². The van der Waals surface area contributed by atoms with Crippen LogP contribution in [0, 0.1) is 13.8 Å². The van der Waals surface area contributed by atoms with Crippen molar-refractivity contribution in [1.82, 2.24) is 34.9 Å². The van der Waals surface area contributed by atoms with Gasteiger partial charge in [-0.15, -0.1) is 56.7 Å². The van der Waals surface area contributed by atoms with Crippen molar-refractivity contribution in [3.8, 4) is 95.9 Å². The molecule has 11 rings (SSSR count). The number of rotatable bonds is 53. The molecule has 0 aliphatic carbocycles. The van der Waals surface area contributed by atoms with E-state index in [4.69, 9.17) is 44.4 Å². The molecule has 0 aliphatic rings. The van der Waals surface area contributed by atoms with E-state index in [1.807, 2.05) is 22.7 Å². The summed E-state index contributed by atoms with van der Waals surface area (Å²) in [5.74, 6) is 4.53. The van der Waals surface area contributed by atoms with Gasteiger partial charge in [0.25, 0.3) is 0 Å². The molecule has 0 radical (unpaired) electrons. The normalized spacial score (nSPS) is 11.7. The number of pyridine rings is 1. The van der Waals surface area contributed by atoms with Crippen LogP contribution in [0.5, 0.6) is 11.5 Å². The van der Waals surface area contributed by atoms with Crippen LogP contribution in [0.25, 0.3) is 107 Å². The summed E-state index contributed by atoms with van der Waals surface area (Å²) in [6.45, 7) is 18.8. The quantitative estimate of drug-likeness (QED) is 0.0353. The largest absolute Gasteiger partial charge is 0.494 e. The maximum atomic E-state index is 6.64. The minimum atomic E-state index is 0.659. The van der Waals surface area contributed by atoms with E-state index in [1.165, 1.54) is 223 Å². The zero-order valence-electron chi connectivity index (χ0n) is 66.9. The summed E-state index contributed by atoms with van der Waals surface area (Å²) in [7, 11) is 0. The molecule has 9 aromatic heterocycles. The highest BCUT2D eigenvalue weighted by atomic mass is 32.1. The Morgan fingerprint density at radius 1 is 0.321 bits per heavy atom. The van der Waals surface area contributed by atoms with Crippen LogP contribution in [0.15, 0.2) is 109 Å². The molecule has 0 unspecified atom stereocenters. The summed E-state index contributed by atoms with van der Waals surface area (Å²) >= 11 is 8.88. The molecule has 2 N–H and O–H groups in total. The molecular formula is C93H123N9O2S5. The Kier molecular flexibility index (Phi) is 34.7. The van der Waals surface area contributed by atoms with Gasteiger partial charge in [0.2, 0.25) is 0 Å². The summed E-state index contributed by atoms with van der Waals surface area (Å²) in [4.78, 5) is 50.6. The van der Waals surface area contributed by atoms with Crippen LogP contribution in [-0.4, -0.2) is 61.2 Å². The smallest absolute Gasteiger partial charge is 0.172 e. The summed E-state index contributed by atoms with van der Waals surface area (Å²) in [5, 5.41) is 7.63. The average molecular weight is 1560 g/mol. The SMILES string of the molecule is CCCCCCCCCCCCOc1cccc(-c2nc3c(-c4sc(C)cc4CCCCCC)cnc(-c4ccc(-c5ccc(-c6nc(NCCCCCCCC)c7nc(-c8ccc(-c9ccc(C)s9)s8)nc(NCCCCCCCC)c7n6)s5)s4)c3nc2-c2cccc(OCCCCCCCCCCCC)c2)c1. The first kappa shape index (κ1) is 83.0. The van der Waals surface area contributed by atoms with Gasteiger partial charge in [-0.05, 0) is 137 Å². The fraction of sp³-hybridized carbons (Fsp3) is 0.516. The molecule has 11 nitrogen and oxygen atoms in total. The average Bonchev–Trinajstić information content (AvgIpc) is 1.65. The highest BCUT2D eigenvalue weighted by molar-refractivity contribution is 7.25. The Morgan fingerprint density at radius 3 is 1.17 bits per heavy atom. The Labute approximate surface area is 673 Å². The van der Waals surface area contributed by atoms with E-state index in [9.17, 15) is 0 Å². The maximum Gasteiger partial charge on any atom is 0.172 e. The van der Waals surface area contributed by atoms with Gasteiger partial charge in [-0.25, -0.2) is 29.9 Å². The van der Waals surface area contributed by atoms with Crippen LogP contribution in [0.4, 0.5) is 11.6 Å². The van der Waals surface area contributed by atoms with Gasteiger partial charge in [0, 0.05) is 70.1 Å². The van der Waals surface area contributed by atoms with Gasteiger partial charge < -0.3 is 20.1 Å². The van der Waals surface area contributed by atoms with E-state index in [0.29, 0.717) is 24.9 Å². The first-order valence-electron chi connectivity index (χ1n) is 42.4. The van der Waals surface area contributed by atoms with Crippen molar-refractivity contribution in [3.05, 3.63) is 125 Å². The van der Waals surface area contributed by atoms with Gasteiger partial charge in [0.15, 0.2) is 23.3 Å². The first-order chi connectivity index (χ1) is 53.7. The van der Waals surface area contributed by atoms with Gasteiger partial charge >= 0.3 is 0 Å². The van der Waals surface area contributed by atoms with E-state index in [-0.39, 0.29) is 0 Å². The molecule has 16 heteroatoms. The van der Waals surface area contributed by atoms with Gasteiger partial charge in [-0.2, -0.15) is 0 Å². The van der Waals surface area contributed by atoms with Crippen LogP contribution in [0.3, 0.4) is 0 Å². The third kappa shape index (κ3) is 24.8. The molecule has 0 atom stereocenters. The van der Waals surface area contributed by atoms with Crippen molar-refractivity contribution in [2.75, 3.05) is 36.9 Å². The Balaban J connectivity index is 0.951. The Morgan fingerprint density at radius 2 is 0.716 bits per heavy atom. The summed E-state index contributed by atoms with van der Waals surface area (Å²) in [6.07, 6.45) is 48.0. The standard InChI is InChI=1S/C93H123N9O2S5/c1-8-13-18-23-27-29-31-33-37-42-61-103-72-49-44-47-69(64-72)82-83(70-48-45-50-73(65-70)104-62-43-38-34-32-30-28-24-19-14-9-2)98-86-84(97-82)74(89-71(63-68(7)106-89)46-39-22-17-12-5)66-96-85(86)79-56-53-77(107-79)78-55-58-81(109-78)91-100-88-87(93(102-91)95-60-41-36-26-21-16-11-4)99-90(101-92(88)94-59-40-35-25-20-15-10-3)80-57-54-76(108-80)75-52-51-67(6)105-75/h44-45,47-58,63-66H,8-43,46,59-62H2,1-7H3,(H,94,99,101)(H,95,100,102). The molecule has 0 saturated carbocycles. The number of anilines is 2. The molecule has 0 aliphatic heterocycles. The van der Waals surface area contributed by atoms with Crippen molar-refractivity contribution in [3.63, 3.8) is 0 Å². The Hall–Kier alpha value is -6.95. The van der Waals surface area contributed by atoms with Gasteiger partial charge in [0.1, 0.15) is 39.3 Å². The van der Waals surface area contributed by atoms with Crippen LogP contribution in [0.1, 0.15) is 281 Å². The number of hydrogen-bond donors (Lipinski definition) is 2. The molecule has 0 bridgehead atoms. The zero-order valence-corrected chi connectivity index (χ0v) is 71.0. The second-order valence-corrected chi connectivity index (χ2v) is 35.9. The van der Waals surface area contributed by atoms with Gasteiger partial charge in [-0.1, -0.05) is 258 Å². The molecular weight excluding hydrogens is 1440 g/mol. The van der Waals surface area contributed by atoms with E-state index < -0.39 is 0 Å². The van der Waals surface area contributed by atoms with Crippen molar-refractivity contribution in [2.24, 2.45) is 0 Å². The first-order valence-corrected chi connectivity index (χ1v) is 46.5. The minimum absolute atomic E-state index is 0.659. The lowest BCUT2D eigenvalue weighted by Gasteiger charge is -2.16. The molecule has 582 valence electrons. The third-order valence-corrected chi connectivity index (χ3v) is 26.6. The molecule has 11 aromatic rings. The highest BCUT2D eigenvalue weighted by Crippen LogP contribution is 2.47. The van der Waals surface area contributed by atoms with Crippen molar-refractivity contribution >= 4 is 90.4 Å². The van der Waals surface area contributed by atoms with E-state index in [2.05, 4.69) is 168 Å². The number of nitrogens with one attached hydrogen (secondary N) is 2. The van der Waals surface area contributed by atoms with E-state index >= 15 is 0 Å². The van der Waals surface area contributed by atoms with Crippen LogP contribution in [-0.2, 0) is 6.42 Å². The Bertz CT molecular complexity index is 4510. The second kappa shape index (κ2) is 45.5. The number of unbranched alkanes of at least 4 members (excludes halogenated alkanes) is 31. The van der Waals surface area contributed by atoms with Crippen molar-refractivity contribution < 1.29 is 9.47 Å². The molecule has 9 heterocycles. The minimum Gasteiger partial charge on any atom is -0.494 e. The summed E-state index contributed by atoms with van der Waals surface area (Å²) in [6, 6.07) is 37.2. The number of aryl methyl sites for hydroxylation is 3. The molecule has 0 amide bonds. The lowest BCUT2D eigenvalue weighted by Crippen LogP contribution is -2.10. The van der Waals surface area contributed by atoms with E-state index in [0.717, 1.165) is 161 Å². The molecule has 0 spiro atoms. The number of benzene rings is 2. The van der Waals surface area contributed by atoms with Crippen LogP contribution < -0.4 is 20.1 Å². The summed E-state index contributed by atoms with van der Waals surface area (Å²) in [5.41, 5.74) is 9.80. The topological polar surface area (TPSA) is 133 Å². The summed E-state index contributed by atoms with van der Waals surface area (Å²) < 4.78 is 13.3.